The third-order valence-electron chi connectivity index (χ3n) is 7.58. The average molecular weight is 549 g/mol. The predicted octanol–water partition coefficient (Wildman–Crippen LogP) is 6.41. The third kappa shape index (κ3) is 7.68. The van der Waals surface area contributed by atoms with Gasteiger partial charge in [-0.3, -0.25) is 0 Å². The lowest BCUT2D eigenvalue weighted by molar-refractivity contribution is -0.319. The van der Waals surface area contributed by atoms with Crippen LogP contribution < -0.4 is 10.4 Å². The Hall–Kier alpha value is -2.28. The van der Waals surface area contributed by atoms with Gasteiger partial charge in [0.15, 0.2) is 5.79 Å². The number of aliphatic hydroxyl groups excluding tert-OH is 1. The first-order valence-electron chi connectivity index (χ1n) is 14.2. The zero-order chi connectivity index (χ0) is 28.5. The molecule has 212 valence electrons. The van der Waals surface area contributed by atoms with E-state index in [-0.39, 0.29) is 35.7 Å². The van der Waals surface area contributed by atoms with Gasteiger partial charge in [0.05, 0.1) is 12.2 Å². The summed E-state index contributed by atoms with van der Waals surface area (Å²) in [5.74, 6) is -0.492. The highest BCUT2D eigenvalue weighted by Crippen LogP contribution is 2.40. The van der Waals surface area contributed by atoms with Crippen LogP contribution in [0.15, 0.2) is 97.6 Å². The molecule has 0 aliphatic carbocycles. The molecule has 1 heterocycles. The van der Waals surface area contributed by atoms with Crippen LogP contribution in [0.3, 0.4) is 0 Å². The van der Waals surface area contributed by atoms with E-state index in [0.717, 1.165) is 6.42 Å². The summed E-state index contributed by atoms with van der Waals surface area (Å²) in [5, 5.41) is 11.5. The van der Waals surface area contributed by atoms with Gasteiger partial charge >= 0.3 is 0 Å². The summed E-state index contributed by atoms with van der Waals surface area (Å²) in [6.45, 7) is 17.9. The van der Waals surface area contributed by atoms with Crippen molar-refractivity contribution >= 4 is 18.7 Å². The fraction of sp³-hybridized carbons (Fsp3) is 0.471. The fourth-order valence-electron chi connectivity index (χ4n) is 5.75. The predicted molar refractivity (Wildman–Crippen MR) is 165 cm³/mol. The Bertz CT molecular complexity index is 1030. The second-order valence-electron chi connectivity index (χ2n) is 12.0. The molecule has 3 rings (SSSR count). The van der Waals surface area contributed by atoms with Crippen molar-refractivity contribution in [3.05, 3.63) is 97.6 Å². The molecule has 0 radical (unpaired) electrons. The number of aliphatic hydroxyl groups is 1. The number of benzene rings is 2. The lowest BCUT2D eigenvalue weighted by Gasteiger charge is -2.48. The van der Waals surface area contributed by atoms with E-state index in [0.29, 0.717) is 13.0 Å². The Morgan fingerprint density at radius 1 is 1.00 bits per heavy atom. The molecule has 4 atom stereocenters. The molecule has 4 nitrogen and oxygen atoms in total. The highest BCUT2D eigenvalue weighted by atomic mass is 28.4. The van der Waals surface area contributed by atoms with E-state index in [1.807, 2.05) is 38.2 Å². The van der Waals surface area contributed by atoms with Crippen LogP contribution in [0.5, 0.6) is 0 Å². The first kappa shape index (κ1) is 31.2. The first-order valence-corrected chi connectivity index (χ1v) is 16.1. The van der Waals surface area contributed by atoms with Gasteiger partial charge in [0, 0.05) is 25.0 Å². The van der Waals surface area contributed by atoms with Gasteiger partial charge in [-0.05, 0) is 42.1 Å². The zero-order valence-electron chi connectivity index (χ0n) is 24.7. The maximum Gasteiger partial charge on any atom is 0.261 e. The molecule has 1 saturated heterocycles. The van der Waals surface area contributed by atoms with Crippen molar-refractivity contribution in [1.82, 2.24) is 0 Å². The lowest BCUT2D eigenvalue weighted by Crippen LogP contribution is -2.67. The van der Waals surface area contributed by atoms with Gasteiger partial charge in [-0.2, -0.15) is 0 Å². The molecule has 2 aromatic carbocycles. The van der Waals surface area contributed by atoms with Gasteiger partial charge in [0.1, 0.15) is 0 Å². The second-order valence-corrected chi connectivity index (χ2v) is 16.3. The largest absolute Gasteiger partial charge is 0.407 e. The number of hydrogen-bond donors (Lipinski definition) is 1. The first-order chi connectivity index (χ1) is 18.6. The molecule has 0 spiro atoms. The van der Waals surface area contributed by atoms with Crippen LogP contribution in [0.25, 0.3) is 0 Å². The van der Waals surface area contributed by atoms with Crippen LogP contribution in [0.4, 0.5) is 0 Å². The summed E-state index contributed by atoms with van der Waals surface area (Å²) in [7, 11) is -2.68. The van der Waals surface area contributed by atoms with Crippen molar-refractivity contribution in [3.63, 3.8) is 0 Å². The van der Waals surface area contributed by atoms with Crippen molar-refractivity contribution in [2.45, 2.75) is 77.4 Å². The third-order valence-corrected chi connectivity index (χ3v) is 12.6. The van der Waals surface area contributed by atoms with Crippen LogP contribution in [0.2, 0.25) is 5.04 Å². The monoisotopic (exact) mass is 548 g/mol. The van der Waals surface area contributed by atoms with Gasteiger partial charge in [-0.1, -0.05) is 119 Å². The van der Waals surface area contributed by atoms with Crippen LogP contribution in [0.1, 0.15) is 54.4 Å². The van der Waals surface area contributed by atoms with Crippen molar-refractivity contribution in [3.8, 4) is 0 Å². The van der Waals surface area contributed by atoms with Crippen molar-refractivity contribution < 1.29 is 19.0 Å². The van der Waals surface area contributed by atoms with Gasteiger partial charge < -0.3 is 19.0 Å². The average Bonchev–Trinajstić information content (AvgIpc) is 2.90. The van der Waals surface area contributed by atoms with Crippen LogP contribution in [-0.4, -0.2) is 44.6 Å². The lowest BCUT2D eigenvalue weighted by atomic mass is 9.85. The molecule has 5 heteroatoms. The molecule has 1 N–H and O–H groups in total. The summed E-state index contributed by atoms with van der Waals surface area (Å²) in [5.41, 5.74) is 0. The summed E-state index contributed by atoms with van der Waals surface area (Å²) in [6, 6.07) is 21.5. The van der Waals surface area contributed by atoms with Crippen molar-refractivity contribution in [1.29, 1.82) is 0 Å². The smallest absolute Gasteiger partial charge is 0.261 e. The maximum absolute atomic E-state index is 9.04. The normalized spacial score (nSPS) is 22.8. The minimum atomic E-state index is -2.68. The number of hydrogen-bond acceptors (Lipinski definition) is 4. The van der Waals surface area contributed by atoms with E-state index in [2.05, 4.69) is 101 Å². The molecular formula is C34H48O4Si. The van der Waals surface area contributed by atoms with Crippen LogP contribution >= 0.6 is 0 Å². The maximum atomic E-state index is 9.04. The molecule has 2 aromatic rings. The molecule has 39 heavy (non-hydrogen) atoms. The molecular weight excluding hydrogens is 500 g/mol. The summed E-state index contributed by atoms with van der Waals surface area (Å²) >= 11 is 0. The number of ether oxygens (including phenoxy) is 2. The molecule has 1 fully saturated rings. The summed E-state index contributed by atoms with van der Waals surface area (Å²) < 4.78 is 20.3. The molecule has 1 aliphatic heterocycles. The van der Waals surface area contributed by atoms with E-state index >= 15 is 0 Å². The highest BCUT2D eigenvalue weighted by molar-refractivity contribution is 6.99. The quantitative estimate of drug-likeness (QED) is 0.189. The SMILES string of the molecule is C=CC[C@@H](CO[Si](c1ccccc1)(c1ccccc1)C(C)(C)C)[C@@H]1OC(C)(C)O[C@@H](/C=C/C=C/CCO)[C@@H]1C. The standard InChI is InChI=1S/C34H48O4Si/c1-8-19-28(32-27(2)31(37-34(6,7)38-32)24-17-9-10-18-25-35)26-36-39(33(3,4)5,29-20-13-11-14-21-29)30-22-15-12-16-23-30/h8-17,20-24,27-28,31-32,35H,1,18-19,25-26H2,2-7H3/b10-9+,24-17+/t27-,28-,31-,32+/m0/s1. The fourth-order valence-corrected chi connectivity index (χ4v) is 10.4. The second kappa shape index (κ2) is 13.9. The van der Waals surface area contributed by atoms with E-state index in [9.17, 15) is 0 Å². The van der Waals surface area contributed by atoms with Crippen LogP contribution in [0, 0.1) is 11.8 Å². The van der Waals surface area contributed by atoms with Gasteiger partial charge in [0.25, 0.3) is 8.32 Å². The summed E-state index contributed by atoms with van der Waals surface area (Å²) in [6.07, 6.45) is 11.3. The van der Waals surface area contributed by atoms with Crippen molar-refractivity contribution in [2.75, 3.05) is 13.2 Å². The van der Waals surface area contributed by atoms with E-state index in [4.69, 9.17) is 19.0 Å². The van der Waals surface area contributed by atoms with E-state index < -0.39 is 14.1 Å². The molecule has 0 saturated carbocycles. The topological polar surface area (TPSA) is 47.9 Å². The summed E-state index contributed by atoms with van der Waals surface area (Å²) in [4.78, 5) is 0. The van der Waals surface area contributed by atoms with Crippen molar-refractivity contribution in [2.24, 2.45) is 11.8 Å². The van der Waals surface area contributed by atoms with Gasteiger partial charge in [0.2, 0.25) is 0 Å². The minimum absolute atomic E-state index is 0.0685. The number of allylic oxidation sites excluding steroid dienone is 3. The minimum Gasteiger partial charge on any atom is -0.407 e. The van der Waals surface area contributed by atoms with E-state index in [1.54, 1.807) is 0 Å². The Morgan fingerprint density at radius 2 is 1.59 bits per heavy atom. The Labute approximate surface area is 237 Å². The molecule has 0 unspecified atom stereocenters. The molecule has 0 aromatic heterocycles. The molecule has 0 amide bonds. The Balaban J connectivity index is 1.97. The number of rotatable bonds is 12. The van der Waals surface area contributed by atoms with Gasteiger partial charge in [-0.25, -0.2) is 0 Å². The molecule has 0 bridgehead atoms. The van der Waals surface area contributed by atoms with E-state index in [1.165, 1.54) is 10.4 Å². The Kier molecular flexibility index (Phi) is 11.1. The Morgan fingerprint density at radius 3 is 2.10 bits per heavy atom. The molecule has 1 aliphatic rings. The zero-order valence-corrected chi connectivity index (χ0v) is 25.7. The van der Waals surface area contributed by atoms with Crippen LogP contribution in [-0.2, 0) is 13.9 Å². The highest BCUT2D eigenvalue weighted by Gasteiger charge is 2.51. The van der Waals surface area contributed by atoms with Gasteiger partial charge in [-0.15, -0.1) is 6.58 Å².